The highest BCUT2D eigenvalue weighted by Gasteiger charge is 2.58. The Labute approximate surface area is 455 Å². The van der Waals surface area contributed by atoms with Gasteiger partial charge in [0.2, 0.25) is 0 Å². The van der Waals surface area contributed by atoms with Gasteiger partial charge in [0.25, 0.3) is 0 Å². The quantitative estimate of drug-likeness (QED) is 0.0366. The standard InChI is InChI=1S/C52H82O27/c1-70-33-13-22(3-8-28(33)57)5-11-39(61)71-19-36-41(63)44(66)47(69)51(77-36)79-49-45(67)42(64)37(20-72-38(60)10-4-21-2-7-26(55)29(58)12-21)78-52(49)75-34-17-25-31(73-48(34)23-6-9-27(56)30(59)14-23)15-24(54)16-32(25)74-50-46(68)43(65)40(62)35(18-53)76-50/h4-5,10-11,21-37,40-59,62-69H,2-3,6-9,12-20H2,1H3/p+1. The summed E-state index contributed by atoms with van der Waals surface area (Å²) < 4.78 is 58.4. The van der Waals surface area contributed by atoms with Gasteiger partial charge in [-0.3, -0.25) is 0 Å². The first-order valence-corrected chi connectivity index (χ1v) is 27.6. The van der Waals surface area contributed by atoms with Crippen molar-refractivity contribution in [2.24, 2.45) is 23.7 Å². The Morgan fingerprint density at radius 2 is 1.01 bits per heavy atom. The fourth-order valence-electron chi connectivity index (χ4n) is 12.5. The van der Waals surface area contributed by atoms with E-state index in [0.717, 1.165) is 6.08 Å². The van der Waals surface area contributed by atoms with Gasteiger partial charge in [0.05, 0.1) is 61.4 Å². The zero-order valence-corrected chi connectivity index (χ0v) is 43.9. The topological polar surface area (TPSA) is 433 Å². The highest BCUT2D eigenvalue weighted by Crippen LogP contribution is 2.44. The van der Waals surface area contributed by atoms with Crippen molar-refractivity contribution in [1.82, 2.24) is 0 Å². The number of carbonyl (C=O) groups is 2. The number of esters is 2. The van der Waals surface area contributed by atoms with Crippen molar-refractivity contribution in [3.8, 4) is 0 Å². The van der Waals surface area contributed by atoms with Crippen LogP contribution in [-0.4, -0.2) is 279 Å². The third kappa shape index (κ3) is 15.1. The lowest BCUT2D eigenvalue weighted by Gasteiger charge is -2.50. The minimum absolute atomic E-state index is 0.00360. The average molecular weight is 1140 g/mol. The van der Waals surface area contributed by atoms with Gasteiger partial charge in [-0.1, -0.05) is 12.2 Å². The summed E-state index contributed by atoms with van der Waals surface area (Å²) in [5, 5.41) is 162. The maximum absolute atomic E-state index is 13.1. The van der Waals surface area contributed by atoms with E-state index in [2.05, 4.69) is 0 Å². The number of fused-ring (bicyclic) bond motifs is 1. The zero-order valence-electron chi connectivity index (χ0n) is 43.9. The molecule has 4 saturated carbocycles. The summed E-state index contributed by atoms with van der Waals surface area (Å²) in [6.45, 7) is -2.10. The molecule has 0 aromatic heterocycles. The first-order valence-electron chi connectivity index (χ1n) is 27.6. The number of rotatable bonds is 17. The van der Waals surface area contributed by atoms with Crippen LogP contribution in [0.25, 0.3) is 0 Å². The molecule has 0 aromatic rings. The Morgan fingerprint density at radius 3 is 1.61 bits per heavy atom. The molecule has 452 valence electrons. The minimum atomic E-state index is -2.05. The maximum atomic E-state index is 13.1. The second kappa shape index (κ2) is 27.9. The lowest BCUT2D eigenvalue weighted by molar-refractivity contribution is -0.390. The average Bonchev–Trinajstić information content (AvgIpc) is 3.43. The maximum Gasteiger partial charge on any atom is 0.330 e. The van der Waals surface area contributed by atoms with E-state index < -0.39 is 203 Å². The molecule has 0 bridgehead atoms. The van der Waals surface area contributed by atoms with E-state index in [4.69, 9.17) is 47.4 Å². The lowest BCUT2D eigenvalue weighted by Crippen LogP contribution is -2.66. The van der Waals surface area contributed by atoms with Crippen molar-refractivity contribution in [3.63, 3.8) is 0 Å². The molecule has 27 nitrogen and oxygen atoms in total. The summed E-state index contributed by atoms with van der Waals surface area (Å²) in [5.74, 6) is -3.27. The van der Waals surface area contributed by atoms with Crippen LogP contribution in [0.5, 0.6) is 0 Å². The van der Waals surface area contributed by atoms with Crippen molar-refractivity contribution in [2.75, 3.05) is 26.9 Å². The van der Waals surface area contributed by atoms with Gasteiger partial charge in [-0.2, -0.15) is 0 Å². The molecule has 8 rings (SSSR count). The molecule has 30 atom stereocenters. The van der Waals surface area contributed by atoms with E-state index in [-0.39, 0.29) is 50.4 Å². The highest BCUT2D eigenvalue weighted by molar-refractivity contribution is 5.82. The van der Waals surface area contributed by atoms with Gasteiger partial charge >= 0.3 is 11.9 Å². The molecule has 0 amide bonds. The number of hydrogen-bond donors (Lipinski definition) is 15. The van der Waals surface area contributed by atoms with E-state index in [0.29, 0.717) is 38.5 Å². The van der Waals surface area contributed by atoms with Crippen LogP contribution in [0.15, 0.2) is 24.3 Å². The van der Waals surface area contributed by atoms with Gasteiger partial charge < -0.3 is 124 Å². The number of methoxy groups -OCH3 is 1. The van der Waals surface area contributed by atoms with Crippen LogP contribution < -0.4 is 0 Å². The molecule has 0 radical (unpaired) electrons. The van der Waals surface area contributed by atoms with Crippen molar-refractivity contribution >= 4 is 11.9 Å². The smallest absolute Gasteiger partial charge is 0.330 e. The van der Waals surface area contributed by atoms with Crippen LogP contribution in [-0.2, 0) is 52.2 Å². The molecule has 4 saturated heterocycles. The summed E-state index contributed by atoms with van der Waals surface area (Å²) in [5.41, 5.74) is 0. The number of aliphatic hydroxyl groups is 17. The molecule has 4 aliphatic heterocycles. The Morgan fingerprint density at radius 1 is 0.494 bits per heavy atom. The third-order valence-corrected chi connectivity index (χ3v) is 17.3. The van der Waals surface area contributed by atoms with E-state index in [1.165, 1.54) is 19.3 Å². The van der Waals surface area contributed by atoms with E-state index >= 15 is 0 Å². The van der Waals surface area contributed by atoms with Crippen LogP contribution in [0.4, 0.5) is 0 Å². The number of aliphatic hydroxyl groups excluding tert-OH is 15. The molecule has 0 aromatic carbocycles. The van der Waals surface area contributed by atoms with Gasteiger partial charge in [0, 0.05) is 38.0 Å². The molecule has 0 spiro atoms. The van der Waals surface area contributed by atoms with Crippen LogP contribution in [0, 0.1) is 23.7 Å². The van der Waals surface area contributed by atoms with Gasteiger partial charge in [0.15, 0.2) is 31.1 Å². The molecule has 16 N–H and O–H groups in total. The fourth-order valence-corrected chi connectivity index (χ4v) is 12.5. The van der Waals surface area contributed by atoms with Crippen LogP contribution in [0.2, 0.25) is 0 Å². The molecule has 8 fully saturated rings. The fraction of sp³-hybridized carbons (Fsp3) is 0.885. The van der Waals surface area contributed by atoms with Gasteiger partial charge in [0.1, 0.15) is 92.6 Å². The SMILES string of the molecule is COC1CC(C=CC(=O)OCC2OC(OC3C(OC4CC5C(OC6OC(CO)C(O)C(O)C6O)CC(O)CC5[OH+]C4C4CCC(O)C(O)C4)OC(COC(=O)C=CC4CCC(O)C(O)C4)C(O)C3O)C(O)C(O)C2O)CCC1O. The van der Waals surface area contributed by atoms with Gasteiger partial charge in [-0.25, -0.2) is 9.59 Å². The lowest BCUT2D eigenvalue weighted by atomic mass is 9.72. The van der Waals surface area contributed by atoms with Crippen LogP contribution in [0.1, 0.15) is 77.0 Å². The monoisotopic (exact) mass is 1140 g/mol. The largest absolute Gasteiger partial charge is 0.460 e. The van der Waals surface area contributed by atoms with Crippen molar-refractivity contribution in [2.45, 2.75) is 236 Å². The molecule has 30 unspecified atom stereocenters. The van der Waals surface area contributed by atoms with Crippen molar-refractivity contribution < 1.29 is 134 Å². The first-order chi connectivity index (χ1) is 37.6. The Balaban J connectivity index is 1.04. The molecule has 4 aliphatic carbocycles. The molecule has 8 aliphatic rings. The minimum Gasteiger partial charge on any atom is -0.460 e. The van der Waals surface area contributed by atoms with Gasteiger partial charge in [-0.15, -0.1) is 0 Å². The summed E-state index contributed by atoms with van der Waals surface area (Å²) >= 11 is 0. The highest BCUT2D eigenvalue weighted by atomic mass is 16.8. The first kappa shape index (κ1) is 62.5. The Kier molecular flexibility index (Phi) is 22.1. The number of ether oxygens (including phenoxy) is 10. The van der Waals surface area contributed by atoms with Gasteiger partial charge in [-0.05, 0) is 76.0 Å². The van der Waals surface area contributed by atoms with Crippen molar-refractivity contribution in [1.29, 1.82) is 0 Å². The molecule has 79 heavy (non-hydrogen) atoms. The van der Waals surface area contributed by atoms with Crippen molar-refractivity contribution in [3.05, 3.63) is 24.3 Å². The molecular formula is C52H83O27+. The molecule has 27 heteroatoms. The zero-order chi connectivity index (χ0) is 57.0. The summed E-state index contributed by atoms with van der Waals surface area (Å²) in [6.07, 6.45) is -28.1. The normalized spacial score (nSPS) is 49.1. The molecular weight excluding hydrogens is 1060 g/mol. The number of allylic oxidation sites excluding steroid dienone is 2. The van der Waals surface area contributed by atoms with Crippen LogP contribution >= 0.6 is 0 Å². The van der Waals surface area contributed by atoms with E-state index in [1.54, 1.807) is 6.08 Å². The summed E-state index contributed by atoms with van der Waals surface area (Å²) in [7, 11) is 1.48. The van der Waals surface area contributed by atoms with E-state index in [9.17, 15) is 86.2 Å². The number of carbonyl (C=O) groups excluding carboxylic acids is 2. The predicted octanol–water partition coefficient (Wildman–Crippen LogP) is -5.95. The van der Waals surface area contributed by atoms with E-state index in [1.807, 2.05) is 0 Å². The second-order valence-electron chi connectivity index (χ2n) is 22.7. The van der Waals surface area contributed by atoms with Crippen LogP contribution in [0.3, 0.4) is 0 Å². The predicted molar refractivity (Wildman–Crippen MR) is 262 cm³/mol. The number of hydrogen-bond acceptors (Lipinski definition) is 26. The Bertz CT molecular complexity index is 2000. The molecule has 4 heterocycles. The third-order valence-electron chi connectivity index (χ3n) is 17.3. The second-order valence-corrected chi connectivity index (χ2v) is 22.7. The summed E-state index contributed by atoms with van der Waals surface area (Å²) in [4.78, 5) is 26.0. The Hall–Kier alpha value is -2.50. The summed E-state index contributed by atoms with van der Waals surface area (Å²) in [6, 6.07) is 0.